The number of rotatable bonds is 17. The Morgan fingerprint density at radius 2 is 2.10 bits per heavy atom. The minimum absolute atomic E-state index is 0.0179. The zero-order valence-corrected chi connectivity index (χ0v) is 29.3. The average Bonchev–Trinajstić information content (AvgIpc) is 3.73. The summed E-state index contributed by atoms with van der Waals surface area (Å²) in [4.78, 5) is 41.3. The van der Waals surface area contributed by atoms with Crippen LogP contribution in [0.1, 0.15) is 32.9 Å². The molecule has 5 rings (SSSR count). The van der Waals surface area contributed by atoms with Crippen LogP contribution in [-0.2, 0) is 39.2 Å². The summed E-state index contributed by atoms with van der Waals surface area (Å²) >= 11 is 5.65. The number of aromatic nitrogens is 6. The van der Waals surface area contributed by atoms with E-state index in [-0.39, 0.29) is 42.5 Å². The molecule has 50 heavy (non-hydrogen) atoms. The van der Waals surface area contributed by atoms with Crippen molar-refractivity contribution in [2.24, 2.45) is 11.8 Å². The van der Waals surface area contributed by atoms with Gasteiger partial charge in [0.1, 0.15) is 24.4 Å². The van der Waals surface area contributed by atoms with Crippen molar-refractivity contribution >= 4 is 49.7 Å². The summed E-state index contributed by atoms with van der Waals surface area (Å²) in [6, 6.07) is 2.49. The minimum Gasteiger partial charge on any atom is -0.394 e. The lowest BCUT2D eigenvalue weighted by molar-refractivity contribution is -0.0490. The van der Waals surface area contributed by atoms with Gasteiger partial charge < -0.3 is 29.5 Å². The fourth-order valence-electron chi connectivity index (χ4n) is 5.51. The number of imidazole rings is 1. The number of anilines is 2. The molecule has 0 bridgehead atoms. The van der Waals surface area contributed by atoms with Crippen LogP contribution in [0.2, 0.25) is 0 Å². The Morgan fingerprint density at radius 3 is 2.78 bits per heavy atom. The second-order valence-electron chi connectivity index (χ2n) is 11.9. The number of nitrogens with one attached hydrogen (secondary N) is 3. The van der Waals surface area contributed by atoms with E-state index in [1.807, 2.05) is 19.9 Å². The monoisotopic (exact) mass is 762 g/mol. The second-order valence-corrected chi connectivity index (χ2v) is 15.5. The van der Waals surface area contributed by atoms with Gasteiger partial charge in [-0.2, -0.15) is 10.2 Å². The molecule has 3 aromatic heterocycles. The summed E-state index contributed by atoms with van der Waals surface area (Å²) in [7, 11) is -3.22. The molecule has 23 heteroatoms. The maximum absolute atomic E-state index is 16.0. The molecule has 18 nitrogen and oxygen atoms in total. The van der Waals surface area contributed by atoms with Crippen molar-refractivity contribution in [1.82, 2.24) is 29.5 Å². The zero-order chi connectivity index (χ0) is 36.0. The van der Waals surface area contributed by atoms with Gasteiger partial charge in [-0.25, -0.2) is 23.7 Å². The predicted molar refractivity (Wildman–Crippen MR) is 176 cm³/mol. The summed E-state index contributed by atoms with van der Waals surface area (Å²) in [6.45, 7) is -1.09. The normalized spacial score (nSPS) is 28.1. The molecule has 1 unspecified atom stereocenters. The third-order valence-corrected chi connectivity index (χ3v) is 10.6. The largest absolute Gasteiger partial charge is 0.695 e. The van der Waals surface area contributed by atoms with Crippen LogP contribution in [-0.4, -0.2) is 103 Å². The molecule has 0 aromatic carbocycles. The van der Waals surface area contributed by atoms with Crippen LogP contribution in [0.5, 0.6) is 0 Å². The van der Waals surface area contributed by atoms with Gasteiger partial charge in [0.2, 0.25) is 5.95 Å². The lowest BCUT2D eigenvalue weighted by Gasteiger charge is -2.29. The molecule has 3 aromatic rings. The number of nitrogens with zero attached hydrogens (tertiary/aromatic N) is 6. The van der Waals surface area contributed by atoms with Gasteiger partial charge in [0.25, 0.3) is 5.56 Å². The lowest BCUT2D eigenvalue weighted by atomic mass is 10.1. The van der Waals surface area contributed by atoms with Crippen LogP contribution in [0.3, 0.4) is 0 Å². The van der Waals surface area contributed by atoms with Crippen molar-refractivity contribution in [3.05, 3.63) is 35.3 Å². The van der Waals surface area contributed by atoms with Gasteiger partial charge in [0.05, 0.1) is 44.7 Å². The van der Waals surface area contributed by atoms with E-state index in [2.05, 4.69) is 35.6 Å². The quantitative estimate of drug-likeness (QED) is 0.0981. The maximum Gasteiger partial charge on any atom is 0.695 e. The molecule has 0 amide bonds. The van der Waals surface area contributed by atoms with E-state index in [0.717, 1.165) is 0 Å². The Bertz CT molecular complexity index is 1770. The highest BCUT2D eigenvalue weighted by atomic mass is 32.5. The molecule has 0 radical (unpaired) electrons. The molecule has 2 fully saturated rings. The highest BCUT2D eigenvalue weighted by molar-refractivity contribution is 8.07. The first-order valence-electron chi connectivity index (χ1n) is 15.5. The third-order valence-electron chi connectivity index (χ3n) is 7.84. The van der Waals surface area contributed by atoms with Crippen LogP contribution >= 0.6 is 15.0 Å². The fraction of sp³-hybridized carbons (Fsp3) is 0.630. The van der Waals surface area contributed by atoms with Gasteiger partial charge in [-0.3, -0.25) is 18.9 Å². The molecule has 0 spiro atoms. The first-order valence-corrected chi connectivity index (χ1v) is 19.2. The number of alkyl halides is 2. The molecular weight excluding hydrogens is 726 g/mol. The number of H-pyrrole nitrogens is 1. The number of halogens is 2. The number of hydrogen-bond acceptors (Lipinski definition) is 16. The van der Waals surface area contributed by atoms with E-state index in [1.165, 1.54) is 29.5 Å². The minimum atomic E-state index is -4.04. The van der Waals surface area contributed by atoms with Crippen LogP contribution < -0.4 is 16.2 Å². The third kappa shape index (κ3) is 9.01. The standard InChI is InChI=1S/C27H35F2N9O9P2S/c1-14(2)9-32-27-36-24-21(25(40)37-27)34-13-38(24)26-23(20(29)17(10-39)45-26)47-49(50,43-7-3-5-30)44-11-15-8-16(19(28)22(15)46-48(41)42)35-18-4-6-31-12-33-18/h4,6,12-17,19-20,22-23,26,39H,3,7-11H2,1-2H3,(H3-,31,32,33,35,36,37,40,41,42)/p+1/t15-,16-,17-,19+,20-,22-,23-,26-,49+/m1/s1. The smallest absolute Gasteiger partial charge is 0.394 e. The van der Waals surface area contributed by atoms with E-state index in [1.54, 1.807) is 0 Å². The van der Waals surface area contributed by atoms with Crippen LogP contribution in [0, 0.1) is 23.2 Å². The van der Waals surface area contributed by atoms with Crippen molar-refractivity contribution < 1.29 is 46.2 Å². The summed E-state index contributed by atoms with van der Waals surface area (Å²) in [5.41, 5.74) is -0.633. The topological polar surface area (TPSA) is 241 Å². The molecule has 1 saturated heterocycles. The van der Waals surface area contributed by atoms with Gasteiger partial charge >= 0.3 is 15.0 Å². The van der Waals surface area contributed by atoms with Gasteiger partial charge in [-0.1, -0.05) is 13.8 Å². The summed E-state index contributed by atoms with van der Waals surface area (Å²) < 4.78 is 73.0. The van der Waals surface area contributed by atoms with E-state index in [4.69, 9.17) is 39.9 Å². The Kier molecular flexibility index (Phi) is 12.9. The van der Waals surface area contributed by atoms with Crippen molar-refractivity contribution in [1.29, 1.82) is 5.26 Å². The zero-order valence-electron chi connectivity index (χ0n) is 26.7. The molecule has 4 heterocycles. The molecule has 2 aliphatic rings. The first kappa shape index (κ1) is 38.1. The number of aliphatic hydroxyl groups excluding tert-OH is 1. The number of ether oxygens (including phenoxy) is 1. The number of nitriles is 1. The highest BCUT2D eigenvalue weighted by Gasteiger charge is 2.52. The molecule has 10 atom stereocenters. The van der Waals surface area contributed by atoms with Crippen molar-refractivity contribution in [3.8, 4) is 6.07 Å². The molecular formula is C27H36F2N9O9P2S+. The number of hydrogen-bond donors (Lipinski definition) is 5. The van der Waals surface area contributed by atoms with E-state index < -0.39 is 82.6 Å². The second kappa shape index (κ2) is 16.9. The van der Waals surface area contributed by atoms with Gasteiger partial charge in [0.15, 0.2) is 35.8 Å². The Hall–Kier alpha value is -3.15. The Morgan fingerprint density at radius 1 is 1.30 bits per heavy atom. The highest BCUT2D eigenvalue weighted by Crippen LogP contribution is 2.55. The molecule has 1 aliphatic heterocycles. The number of fused-ring (bicyclic) bond motifs is 1. The summed E-state index contributed by atoms with van der Waals surface area (Å²) in [6.07, 6.45) is -5.84. The van der Waals surface area contributed by atoms with Crippen molar-refractivity contribution in [2.75, 3.05) is 37.0 Å². The molecule has 1 aliphatic carbocycles. The SMILES string of the molecule is CC(C)CNc1nc2c(ncn2[C@@H]2O[C@H](CO)[C@@H](F)[C@H]2O[P@](=S)(OCCC#N)OC[C@H]2C[C@@H](Nc3ccncn3)[C@H](F)[C@@H]2O[P+](=O)O)c(=O)[nH]1. The van der Waals surface area contributed by atoms with Crippen LogP contribution in [0.4, 0.5) is 20.5 Å². The van der Waals surface area contributed by atoms with E-state index in [9.17, 15) is 19.4 Å². The average molecular weight is 763 g/mol. The maximum atomic E-state index is 16.0. The van der Waals surface area contributed by atoms with Gasteiger partial charge in [0, 0.05) is 23.2 Å². The summed E-state index contributed by atoms with van der Waals surface area (Å²) in [5.74, 6) is -0.226. The van der Waals surface area contributed by atoms with Gasteiger partial charge in [-0.05, 0) is 30.2 Å². The van der Waals surface area contributed by atoms with Gasteiger partial charge in [-0.15, -0.1) is 9.42 Å². The van der Waals surface area contributed by atoms with E-state index in [0.29, 0.717) is 12.4 Å². The molecule has 5 N–H and O–H groups in total. The number of aliphatic hydroxyl groups is 1. The Labute approximate surface area is 290 Å². The summed E-state index contributed by atoms with van der Waals surface area (Å²) in [5, 5.41) is 25.0. The lowest BCUT2D eigenvalue weighted by Crippen LogP contribution is -2.33. The first-order chi connectivity index (χ1) is 23.9. The number of aromatic amines is 1. The Balaban J connectivity index is 1.41. The van der Waals surface area contributed by atoms with Crippen molar-refractivity contribution in [2.45, 2.75) is 69.6 Å². The molecule has 272 valence electrons. The van der Waals surface area contributed by atoms with Crippen LogP contribution in [0.25, 0.3) is 11.2 Å². The van der Waals surface area contributed by atoms with Crippen LogP contribution in [0.15, 0.2) is 29.7 Å². The van der Waals surface area contributed by atoms with E-state index >= 15 is 8.78 Å². The molecule has 1 saturated carbocycles. The predicted octanol–water partition coefficient (Wildman–Crippen LogP) is 2.64. The van der Waals surface area contributed by atoms with Crippen molar-refractivity contribution in [3.63, 3.8) is 0 Å². The fourth-order valence-corrected chi connectivity index (χ4v) is 8.11.